The van der Waals surface area contributed by atoms with Gasteiger partial charge in [-0.15, -0.1) is 0 Å². The van der Waals surface area contributed by atoms with Crippen molar-refractivity contribution in [2.24, 2.45) is 0 Å². The summed E-state index contributed by atoms with van der Waals surface area (Å²) in [6, 6.07) is 7.44. The molecular weight excluding hydrogens is 202 g/mol. The van der Waals surface area contributed by atoms with E-state index in [1.807, 2.05) is 6.07 Å². The van der Waals surface area contributed by atoms with Crippen LogP contribution in [0.15, 0.2) is 18.2 Å². The zero-order valence-corrected chi connectivity index (χ0v) is 8.50. The fraction of sp³-hybridized carbons (Fsp3) is 0.167. The van der Waals surface area contributed by atoms with E-state index in [1.54, 1.807) is 12.1 Å². The van der Waals surface area contributed by atoms with Gasteiger partial charge in [0.05, 0.1) is 17.2 Å². The number of hydrogen-bond acceptors (Lipinski definition) is 2. The first-order chi connectivity index (χ1) is 7.79. The fourth-order valence-electron chi connectivity index (χ4n) is 2.15. The number of amides is 1. The first kappa shape index (κ1) is 8.98. The smallest absolute Gasteiger partial charge is 0.253 e. The van der Waals surface area contributed by atoms with E-state index in [9.17, 15) is 4.79 Å². The van der Waals surface area contributed by atoms with Crippen LogP contribution in [0, 0.1) is 11.3 Å². The highest BCUT2D eigenvalue weighted by Crippen LogP contribution is 2.25. The summed E-state index contributed by atoms with van der Waals surface area (Å²) >= 11 is 0. The zero-order chi connectivity index (χ0) is 11.1. The molecule has 2 aromatic rings. The molecule has 0 bridgehead atoms. The van der Waals surface area contributed by atoms with Gasteiger partial charge in [-0.05, 0) is 18.2 Å². The van der Waals surface area contributed by atoms with Crippen molar-refractivity contribution in [1.29, 1.82) is 5.26 Å². The second kappa shape index (κ2) is 3.11. The van der Waals surface area contributed by atoms with Crippen LogP contribution >= 0.6 is 0 Å². The molecule has 0 radical (unpaired) electrons. The number of carbonyl (C=O) groups excluding carboxylic acids is 1. The van der Waals surface area contributed by atoms with E-state index in [1.165, 1.54) is 0 Å². The molecular formula is C12H9N3O. The number of aromatic nitrogens is 1. The van der Waals surface area contributed by atoms with Crippen molar-refractivity contribution in [3.05, 3.63) is 35.0 Å². The fourth-order valence-corrected chi connectivity index (χ4v) is 2.15. The standard InChI is InChI=1S/C12H9N3O/c13-6-7-1-2-9-8(5-7)11-10(15-9)3-4-14-12(11)16/h1-2,5,15H,3-4H2,(H,14,16). The maximum absolute atomic E-state index is 11.7. The van der Waals surface area contributed by atoms with Gasteiger partial charge in [0.25, 0.3) is 5.91 Å². The Labute approximate surface area is 91.9 Å². The average Bonchev–Trinajstić information content (AvgIpc) is 2.67. The number of benzene rings is 1. The Bertz CT molecular complexity index is 633. The Kier molecular flexibility index (Phi) is 1.74. The second-order valence-electron chi connectivity index (χ2n) is 3.86. The van der Waals surface area contributed by atoms with Gasteiger partial charge >= 0.3 is 0 Å². The van der Waals surface area contributed by atoms with Crippen LogP contribution < -0.4 is 5.32 Å². The first-order valence-corrected chi connectivity index (χ1v) is 5.12. The number of carbonyl (C=O) groups is 1. The molecule has 78 valence electrons. The number of nitriles is 1. The highest BCUT2D eigenvalue weighted by molar-refractivity contribution is 6.09. The molecule has 0 aliphatic carbocycles. The normalized spacial score (nSPS) is 14.3. The number of nitrogens with zero attached hydrogens (tertiary/aromatic N) is 1. The van der Waals surface area contributed by atoms with Crippen molar-refractivity contribution in [2.75, 3.05) is 6.54 Å². The molecule has 0 spiro atoms. The second-order valence-corrected chi connectivity index (χ2v) is 3.86. The summed E-state index contributed by atoms with van der Waals surface area (Å²) in [7, 11) is 0. The van der Waals surface area contributed by atoms with E-state index < -0.39 is 0 Å². The molecule has 4 nitrogen and oxygen atoms in total. The molecule has 1 aliphatic heterocycles. The molecule has 1 amide bonds. The molecule has 0 saturated carbocycles. The Morgan fingerprint density at radius 1 is 1.38 bits per heavy atom. The van der Waals surface area contributed by atoms with Crippen molar-refractivity contribution < 1.29 is 4.79 Å². The molecule has 0 fully saturated rings. The Morgan fingerprint density at radius 2 is 2.25 bits per heavy atom. The topological polar surface area (TPSA) is 68.7 Å². The lowest BCUT2D eigenvalue weighted by atomic mass is 10.0. The van der Waals surface area contributed by atoms with Gasteiger partial charge in [0, 0.05) is 29.6 Å². The molecule has 0 atom stereocenters. The molecule has 16 heavy (non-hydrogen) atoms. The Balaban J connectivity index is 2.36. The number of fused-ring (bicyclic) bond motifs is 3. The van der Waals surface area contributed by atoms with E-state index in [0.717, 1.165) is 23.0 Å². The Hall–Kier alpha value is -2.28. The number of aromatic amines is 1. The quantitative estimate of drug-likeness (QED) is 0.690. The van der Waals surface area contributed by atoms with Crippen molar-refractivity contribution in [1.82, 2.24) is 10.3 Å². The molecule has 1 aliphatic rings. The number of hydrogen-bond donors (Lipinski definition) is 2. The van der Waals surface area contributed by atoms with E-state index in [0.29, 0.717) is 17.7 Å². The van der Waals surface area contributed by atoms with Crippen LogP contribution in [0.3, 0.4) is 0 Å². The molecule has 2 heterocycles. The summed E-state index contributed by atoms with van der Waals surface area (Å²) in [5.74, 6) is -0.0532. The van der Waals surface area contributed by atoms with Crippen molar-refractivity contribution in [3.63, 3.8) is 0 Å². The van der Waals surface area contributed by atoms with E-state index in [4.69, 9.17) is 5.26 Å². The predicted molar refractivity (Wildman–Crippen MR) is 59.1 cm³/mol. The number of H-pyrrole nitrogens is 1. The minimum Gasteiger partial charge on any atom is -0.358 e. The highest BCUT2D eigenvalue weighted by atomic mass is 16.1. The summed E-state index contributed by atoms with van der Waals surface area (Å²) in [6.45, 7) is 0.670. The van der Waals surface area contributed by atoms with Gasteiger partial charge in [-0.2, -0.15) is 5.26 Å². The third-order valence-corrected chi connectivity index (χ3v) is 2.89. The minimum atomic E-state index is -0.0532. The lowest BCUT2D eigenvalue weighted by Crippen LogP contribution is -2.31. The van der Waals surface area contributed by atoms with Gasteiger partial charge in [0.1, 0.15) is 0 Å². The average molecular weight is 211 g/mol. The molecule has 0 saturated heterocycles. The number of nitrogens with one attached hydrogen (secondary N) is 2. The van der Waals surface area contributed by atoms with Gasteiger partial charge in [-0.1, -0.05) is 0 Å². The molecule has 4 heteroatoms. The highest BCUT2D eigenvalue weighted by Gasteiger charge is 2.21. The largest absolute Gasteiger partial charge is 0.358 e. The molecule has 1 aromatic carbocycles. The van der Waals surface area contributed by atoms with Crippen molar-refractivity contribution in [2.45, 2.75) is 6.42 Å². The molecule has 2 N–H and O–H groups in total. The SMILES string of the molecule is N#Cc1ccc2[nH]c3c(c2c1)C(=O)NCC3. The summed E-state index contributed by atoms with van der Waals surface area (Å²) in [4.78, 5) is 15.0. The van der Waals surface area contributed by atoms with Crippen LogP contribution in [0.2, 0.25) is 0 Å². The maximum Gasteiger partial charge on any atom is 0.253 e. The van der Waals surface area contributed by atoms with Gasteiger partial charge in [-0.3, -0.25) is 4.79 Å². The zero-order valence-electron chi connectivity index (χ0n) is 8.50. The van der Waals surface area contributed by atoms with E-state index in [-0.39, 0.29) is 5.91 Å². The summed E-state index contributed by atoms with van der Waals surface area (Å²) in [5, 5.41) is 12.5. The van der Waals surface area contributed by atoms with Crippen molar-refractivity contribution >= 4 is 16.8 Å². The van der Waals surface area contributed by atoms with Crippen LogP contribution in [-0.2, 0) is 6.42 Å². The number of rotatable bonds is 0. The van der Waals surface area contributed by atoms with Gasteiger partial charge in [-0.25, -0.2) is 0 Å². The third kappa shape index (κ3) is 1.12. The van der Waals surface area contributed by atoms with E-state index >= 15 is 0 Å². The molecule has 1 aromatic heterocycles. The van der Waals surface area contributed by atoms with Crippen molar-refractivity contribution in [3.8, 4) is 6.07 Å². The van der Waals surface area contributed by atoms with Crippen LogP contribution in [-0.4, -0.2) is 17.4 Å². The predicted octanol–water partition coefficient (Wildman–Crippen LogP) is 1.33. The van der Waals surface area contributed by atoms with Gasteiger partial charge < -0.3 is 10.3 Å². The lowest BCUT2D eigenvalue weighted by molar-refractivity contribution is 0.0947. The Morgan fingerprint density at radius 3 is 3.06 bits per heavy atom. The van der Waals surface area contributed by atoms with E-state index in [2.05, 4.69) is 16.4 Å². The van der Waals surface area contributed by atoms with Crippen LogP contribution in [0.5, 0.6) is 0 Å². The summed E-state index contributed by atoms with van der Waals surface area (Å²) in [6.07, 6.45) is 0.817. The van der Waals surface area contributed by atoms with Crippen LogP contribution in [0.25, 0.3) is 10.9 Å². The molecule has 0 unspecified atom stereocenters. The lowest BCUT2D eigenvalue weighted by Gasteiger charge is -2.11. The van der Waals surface area contributed by atoms with Crippen LogP contribution in [0.4, 0.5) is 0 Å². The monoisotopic (exact) mass is 211 g/mol. The summed E-state index contributed by atoms with van der Waals surface area (Å²) in [5.41, 5.74) is 3.15. The third-order valence-electron chi connectivity index (χ3n) is 2.89. The van der Waals surface area contributed by atoms with Gasteiger partial charge in [0.15, 0.2) is 0 Å². The maximum atomic E-state index is 11.7. The molecule has 3 rings (SSSR count). The van der Waals surface area contributed by atoms with Gasteiger partial charge in [0.2, 0.25) is 0 Å². The van der Waals surface area contributed by atoms with Crippen LogP contribution in [0.1, 0.15) is 21.6 Å². The summed E-state index contributed by atoms with van der Waals surface area (Å²) < 4.78 is 0. The first-order valence-electron chi connectivity index (χ1n) is 5.12. The minimum absolute atomic E-state index is 0.0532.